The van der Waals surface area contributed by atoms with Crippen LogP contribution in [0.2, 0.25) is 0 Å². The summed E-state index contributed by atoms with van der Waals surface area (Å²) in [4.78, 5) is 27.7. The van der Waals surface area contributed by atoms with Gasteiger partial charge in [0.1, 0.15) is 30.0 Å². The molecule has 0 aromatic heterocycles. The maximum Gasteiger partial charge on any atom is 0.338 e. The van der Waals surface area contributed by atoms with Crippen molar-refractivity contribution in [3.8, 4) is 11.5 Å². The fourth-order valence-corrected chi connectivity index (χ4v) is 6.12. The van der Waals surface area contributed by atoms with Gasteiger partial charge in [-0.2, -0.15) is 4.58 Å². The molecular formula is C43H45N2O6+. The highest BCUT2D eigenvalue weighted by molar-refractivity contribution is 6.39. The van der Waals surface area contributed by atoms with E-state index >= 15 is 0 Å². The molecule has 1 aliphatic heterocycles. The smallest absolute Gasteiger partial charge is 0.338 e. The van der Waals surface area contributed by atoms with Crippen molar-refractivity contribution in [2.75, 3.05) is 18.1 Å². The first-order chi connectivity index (χ1) is 24.6. The van der Waals surface area contributed by atoms with Gasteiger partial charge in [0.2, 0.25) is 17.2 Å². The number of allylic oxidation sites excluding steroid dienone is 7. The first kappa shape index (κ1) is 35.4. The van der Waals surface area contributed by atoms with Crippen molar-refractivity contribution in [1.29, 1.82) is 0 Å². The molecule has 2 aliphatic carbocycles. The molecule has 8 heteroatoms. The van der Waals surface area contributed by atoms with E-state index in [-0.39, 0.29) is 29.7 Å². The Hall–Kier alpha value is -5.47. The zero-order chi connectivity index (χ0) is 36.2. The summed E-state index contributed by atoms with van der Waals surface area (Å²) < 4.78 is 18.6. The second kappa shape index (κ2) is 15.2. The van der Waals surface area contributed by atoms with Crippen molar-refractivity contribution in [2.45, 2.75) is 65.6 Å². The fraction of sp³-hybridized carbons (Fsp3) is 0.279. The van der Waals surface area contributed by atoms with Crippen LogP contribution in [0.4, 0.5) is 17.1 Å². The van der Waals surface area contributed by atoms with E-state index in [4.69, 9.17) is 14.2 Å². The third-order valence-corrected chi connectivity index (χ3v) is 9.49. The van der Waals surface area contributed by atoms with Crippen molar-refractivity contribution >= 4 is 40.1 Å². The van der Waals surface area contributed by atoms with E-state index < -0.39 is 5.97 Å². The molecule has 1 N–H and O–H groups in total. The number of ketones is 1. The summed E-state index contributed by atoms with van der Waals surface area (Å²) in [5.41, 5.74) is 6.22. The van der Waals surface area contributed by atoms with E-state index in [1.807, 2.05) is 72.8 Å². The van der Waals surface area contributed by atoms with Crippen LogP contribution in [0.25, 0.3) is 5.57 Å². The highest BCUT2D eigenvalue weighted by atomic mass is 16.6. The zero-order valence-corrected chi connectivity index (χ0v) is 29.9. The normalized spacial score (nSPS) is 17.5. The molecule has 3 unspecified atom stereocenters. The number of esters is 1. The second-order valence-corrected chi connectivity index (χ2v) is 13.2. The summed E-state index contributed by atoms with van der Waals surface area (Å²) in [6, 6.07) is 23.6. The maximum absolute atomic E-state index is 13.5. The van der Waals surface area contributed by atoms with Gasteiger partial charge in [-0.15, -0.1) is 0 Å². The SMILES string of the molecule is C=C(C)C(=O)Oc1ccc([N+](=C2C=CC(=C3C(=O)C(c4ccc(N(c5ccc(OCC6CO6)cc5)C(C)CC)cc4)=C3O)C=C2)C(C)CC)cc1. The van der Waals surface area contributed by atoms with Crippen molar-refractivity contribution in [3.05, 3.63) is 132 Å². The molecule has 1 fully saturated rings. The van der Waals surface area contributed by atoms with E-state index in [1.165, 1.54) is 0 Å². The summed E-state index contributed by atoms with van der Waals surface area (Å²) in [6.07, 6.45) is 9.70. The molecule has 1 saturated heterocycles. The number of ether oxygens (including phenoxy) is 3. The third kappa shape index (κ3) is 7.66. The molecule has 3 aliphatic rings. The van der Waals surface area contributed by atoms with Crippen LogP contribution in [-0.2, 0) is 14.3 Å². The van der Waals surface area contributed by atoms with Gasteiger partial charge in [-0.1, -0.05) is 32.6 Å². The minimum Gasteiger partial charge on any atom is -0.506 e. The molecule has 0 radical (unpaired) electrons. The maximum atomic E-state index is 13.5. The predicted octanol–water partition coefficient (Wildman–Crippen LogP) is 8.74. The largest absolute Gasteiger partial charge is 0.506 e. The third-order valence-electron chi connectivity index (χ3n) is 9.49. The van der Waals surface area contributed by atoms with Gasteiger partial charge in [0.25, 0.3) is 0 Å². The Labute approximate surface area is 300 Å². The molecule has 0 bridgehead atoms. The van der Waals surface area contributed by atoms with E-state index in [2.05, 4.69) is 55.9 Å². The number of carbonyl (C=O) groups excluding carboxylic acids is 2. The van der Waals surface area contributed by atoms with Gasteiger partial charge in [-0.05, 0) is 99.0 Å². The van der Waals surface area contributed by atoms with E-state index in [0.717, 1.165) is 48.0 Å². The molecule has 0 saturated carbocycles. The Balaban J connectivity index is 1.21. The topological polar surface area (TPSA) is 91.6 Å². The van der Waals surface area contributed by atoms with Crippen molar-refractivity contribution in [2.24, 2.45) is 0 Å². The molecule has 0 amide bonds. The van der Waals surface area contributed by atoms with Gasteiger partial charge in [-0.3, -0.25) is 4.79 Å². The van der Waals surface area contributed by atoms with E-state index in [0.29, 0.717) is 40.2 Å². The van der Waals surface area contributed by atoms with Crippen LogP contribution in [-0.4, -0.2) is 58.5 Å². The number of aliphatic hydroxyl groups excluding tert-OH is 1. The lowest BCUT2D eigenvalue weighted by Crippen LogP contribution is -2.28. The number of anilines is 2. The molecule has 262 valence electrons. The lowest BCUT2D eigenvalue weighted by molar-refractivity contribution is -0.479. The number of nitrogens with zero attached hydrogens (tertiary/aromatic N) is 2. The molecule has 8 nitrogen and oxygen atoms in total. The quantitative estimate of drug-likeness (QED) is 0.0633. The predicted molar refractivity (Wildman–Crippen MR) is 201 cm³/mol. The van der Waals surface area contributed by atoms with E-state index in [1.54, 1.807) is 19.1 Å². The van der Waals surface area contributed by atoms with Gasteiger partial charge >= 0.3 is 5.97 Å². The summed E-state index contributed by atoms with van der Waals surface area (Å²) >= 11 is 0. The van der Waals surface area contributed by atoms with Crippen LogP contribution in [0.3, 0.4) is 0 Å². The number of epoxide rings is 1. The van der Waals surface area contributed by atoms with Crippen molar-refractivity contribution in [1.82, 2.24) is 0 Å². The van der Waals surface area contributed by atoms with Crippen LogP contribution in [0.1, 0.15) is 53.0 Å². The van der Waals surface area contributed by atoms with Crippen LogP contribution >= 0.6 is 0 Å². The molecule has 3 atom stereocenters. The number of Topliss-reactive ketones (excluding diaryl/α,β-unsaturated/α-hetero) is 1. The average molecular weight is 686 g/mol. The number of carbonyl (C=O) groups is 2. The van der Waals surface area contributed by atoms with Crippen LogP contribution in [0.5, 0.6) is 11.5 Å². The number of rotatable bonds is 13. The Morgan fingerprint density at radius 1 is 0.902 bits per heavy atom. The lowest BCUT2D eigenvalue weighted by Gasteiger charge is -2.31. The van der Waals surface area contributed by atoms with Gasteiger partial charge < -0.3 is 24.2 Å². The highest BCUT2D eigenvalue weighted by Crippen LogP contribution is 2.40. The molecule has 6 rings (SSSR count). The second-order valence-electron chi connectivity index (χ2n) is 13.2. The average Bonchev–Trinajstić information content (AvgIpc) is 3.98. The number of hydrogen-bond acceptors (Lipinski definition) is 7. The van der Waals surface area contributed by atoms with Gasteiger partial charge in [-0.25, -0.2) is 4.79 Å². The molecule has 3 aromatic carbocycles. The summed E-state index contributed by atoms with van der Waals surface area (Å²) in [5.74, 6) is 0.615. The summed E-state index contributed by atoms with van der Waals surface area (Å²) in [5, 5.41) is 11.2. The van der Waals surface area contributed by atoms with Crippen molar-refractivity contribution in [3.63, 3.8) is 0 Å². The Kier molecular flexibility index (Phi) is 10.5. The fourth-order valence-electron chi connectivity index (χ4n) is 6.12. The molecular weight excluding hydrogens is 640 g/mol. The minimum atomic E-state index is -0.463. The first-order valence-corrected chi connectivity index (χ1v) is 17.6. The molecule has 51 heavy (non-hydrogen) atoms. The number of aliphatic hydroxyl groups is 1. The highest BCUT2D eigenvalue weighted by Gasteiger charge is 2.37. The van der Waals surface area contributed by atoms with Gasteiger partial charge in [0, 0.05) is 53.7 Å². The molecule has 3 aromatic rings. The number of hydrogen-bond donors (Lipinski definition) is 1. The summed E-state index contributed by atoms with van der Waals surface area (Å²) in [7, 11) is 0. The standard InChI is InChI=1S/C43H44N2O6/c1-7-28(5)44(34-17-21-36(22-18-34)49-25-38-26-50-38)32-13-9-30(10-14-32)39-41(46)40(42(39)47)31-11-15-33(16-12-31)45(29(6)8-2)35-19-23-37(24-20-35)51-43(48)27(3)4/h9-24,28-29,38H,3,7-8,25-26H2,1-2,4-6H3/p+1. The monoisotopic (exact) mass is 685 g/mol. The minimum absolute atomic E-state index is 0.00477. The summed E-state index contributed by atoms with van der Waals surface area (Å²) in [6.45, 7) is 15.2. The first-order valence-electron chi connectivity index (χ1n) is 17.6. The zero-order valence-electron chi connectivity index (χ0n) is 29.9. The van der Waals surface area contributed by atoms with Gasteiger partial charge in [0.15, 0.2) is 6.04 Å². The van der Waals surface area contributed by atoms with Crippen LogP contribution < -0.4 is 14.4 Å². The Morgan fingerprint density at radius 3 is 2.02 bits per heavy atom. The lowest BCUT2D eigenvalue weighted by atomic mass is 9.80. The number of benzene rings is 3. The van der Waals surface area contributed by atoms with Gasteiger partial charge in [0.05, 0.1) is 17.8 Å². The van der Waals surface area contributed by atoms with Crippen molar-refractivity contribution < 1.29 is 33.5 Å². The Bertz CT molecular complexity index is 1960. The van der Waals surface area contributed by atoms with Crippen LogP contribution in [0.15, 0.2) is 126 Å². The molecule has 1 heterocycles. The molecule has 0 spiro atoms. The van der Waals surface area contributed by atoms with Crippen LogP contribution in [0, 0.1) is 0 Å². The Morgan fingerprint density at radius 2 is 1.49 bits per heavy atom. The van der Waals surface area contributed by atoms with E-state index in [9.17, 15) is 14.7 Å².